The Morgan fingerprint density at radius 2 is 0.814 bits per heavy atom. The molecule has 59 heavy (non-hydrogen) atoms. The summed E-state index contributed by atoms with van der Waals surface area (Å²) in [7, 11) is 0. The van der Waals surface area contributed by atoms with Crippen molar-refractivity contribution in [1.29, 1.82) is 0 Å². The third kappa shape index (κ3) is 5.29. The molecule has 0 radical (unpaired) electrons. The van der Waals surface area contributed by atoms with E-state index >= 15 is 0 Å². The Bertz CT molecular complexity index is 3540. The highest BCUT2D eigenvalue weighted by atomic mass is 16.3. The summed E-state index contributed by atoms with van der Waals surface area (Å²) in [6.07, 6.45) is 0. The van der Waals surface area contributed by atoms with E-state index in [9.17, 15) is 0 Å². The molecule has 3 nitrogen and oxygen atoms in total. The van der Waals surface area contributed by atoms with Crippen LogP contribution in [0.25, 0.3) is 98.8 Å². The van der Waals surface area contributed by atoms with Crippen LogP contribution in [-0.4, -0.2) is 0 Å². The second-order valence-electron chi connectivity index (χ2n) is 15.2. The van der Waals surface area contributed by atoms with Gasteiger partial charge in [-0.15, -0.1) is 0 Å². The van der Waals surface area contributed by atoms with Crippen molar-refractivity contribution in [3.63, 3.8) is 0 Å². The maximum Gasteiger partial charge on any atom is 0.143 e. The summed E-state index contributed by atoms with van der Waals surface area (Å²) >= 11 is 0. The first kappa shape index (κ1) is 33.3. The number of fused-ring (bicyclic) bond motifs is 9. The molecule has 0 aliphatic heterocycles. The van der Waals surface area contributed by atoms with Crippen LogP contribution in [0.15, 0.2) is 221 Å². The Morgan fingerprint density at radius 1 is 0.288 bits per heavy atom. The number of furan rings is 2. The molecule has 0 aliphatic rings. The van der Waals surface area contributed by atoms with Gasteiger partial charge < -0.3 is 13.7 Å². The lowest BCUT2D eigenvalue weighted by molar-refractivity contribution is 0.669. The molecule has 12 aromatic rings. The van der Waals surface area contributed by atoms with E-state index in [4.69, 9.17) is 8.83 Å². The lowest BCUT2D eigenvalue weighted by atomic mass is 9.88. The number of anilines is 3. The van der Waals surface area contributed by atoms with Gasteiger partial charge in [-0.3, -0.25) is 0 Å². The van der Waals surface area contributed by atoms with E-state index in [0.717, 1.165) is 71.7 Å². The molecular weight excluding hydrogens is 719 g/mol. The van der Waals surface area contributed by atoms with Crippen LogP contribution >= 0.6 is 0 Å². The summed E-state index contributed by atoms with van der Waals surface area (Å²) in [5, 5.41) is 9.04. The van der Waals surface area contributed by atoms with Crippen LogP contribution < -0.4 is 4.90 Å². The van der Waals surface area contributed by atoms with Gasteiger partial charge in [-0.1, -0.05) is 158 Å². The number of para-hydroxylation sites is 2. The zero-order valence-corrected chi connectivity index (χ0v) is 32.0. The molecule has 2 aromatic heterocycles. The number of rotatable bonds is 6. The smallest absolute Gasteiger partial charge is 0.143 e. The van der Waals surface area contributed by atoms with E-state index in [1.54, 1.807) is 0 Å². The van der Waals surface area contributed by atoms with Gasteiger partial charge in [0, 0.05) is 32.9 Å². The molecule has 0 bridgehead atoms. The Kier molecular flexibility index (Phi) is 7.54. The van der Waals surface area contributed by atoms with Crippen LogP contribution in [0.2, 0.25) is 0 Å². The minimum atomic E-state index is 0.849. The minimum Gasteiger partial charge on any atom is -0.456 e. The summed E-state index contributed by atoms with van der Waals surface area (Å²) in [5.74, 6) is 0. The third-order valence-corrected chi connectivity index (χ3v) is 11.9. The van der Waals surface area contributed by atoms with Crippen molar-refractivity contribution in [3.8, 4) is 33.4 Å². The summed E-state index contributed by atoms with van der Waals surface area (Å²) in [6.45, 7) is 0. The average molecular weight is 754 g/mol. The van der Waals surface area contributed by atoms with E-state index in [-0.39, 0.29) is 0 Å². The first-order valence-corrected chi connectivity index (χ1v) is 20.1. The molecule has 0 aliphatic carbocycles. The molecule has 0 atom stereocenters. The van der Waals surface area contributed by atoms with Crippen LogP contribution in [0.5, 0.6) is 0 Å². The third-order valence-electron chi connectivity index (χ3n) is 11.9. The van der Waals surface area contributed by atoms with E-state index < -0.39 is 0 Å². The monoisotopic (exact) mass is 753 g/mol. The van der Waals surface area contributed by atoms with Crippen molar-refractivity contribution in [2.75, 3.05) is 4.90 Å². The van der Waals surface area contributed by atoms with E-state index in [2.05, 4.69) is 205 Å². The fourth-order valence-electron chi connectivity index (χ4n) is 9.24. The fraction of sp³-hybridized carbons (Fsp3) is 0. The maximum absolute atomic E-state index is 6.89. The number of hydrogen-bond donors (Lipinski definition) is 0. The lowest BCUT2D eigenvalue weighted by Gasteiger charge is -2.26. The van der Waals surface area contributed by atoms with Gasteiger partial charge in [0.05, 0.1) is 11.1 Å². The molecule has 12 rings (SSSR count). The van der Waals surface area contributed by atoms with Crippen molar-refractivity contribution >= 4 is 82.5 Å². The molecule has 3 heteroatoms. The molecule has 0 fully saturated rings. The van der Waals surface area contributed by atoms with Crippen LogP contribution in [0.4, 0.5) is 17.1 Å². The highest BCUT2D eigenvalue weighted by Crippen LogP contribution is 2.48. The zero-order chi connectivity index (χ0) is 38.9. The Balaban J connectivity index is 1.09. The highest BCUT2D eigenvalue weighted by molar-refractivity contribution is 6.24. The molecule has 0 amide bonds. The van der Waals surface area contributed by atoms with Gasteiger partial charge in [0.1, 0.15) is 22.3 Å². The standard InChI is InChI=1S/C56H35NO2/c1-3-15-36(16-4-1)37-29-31-39(32-30-37)57(38-17-5-2-6-18-38)50-25-14-28-53-55(50)49-35-48(42-21-9-10-22-46(42)56(49)59-53)44-34-33-43(40-19-7-8-20-41(40)44)45-24-13-27-52-54(45)47-23-11-12-26-51(47)58-52/h1-35H. The summed E-state index contributed by atoms with van der Waals surface area (Å²) < 4.78 is 13.2. The first-order chi connectivity index (χ1) is 29.3. The van der Waals surface area contributed by atoms with Crippen LogP contribution in [0.1, 0.15) is 0 Å². The Labute approximate surface area is 340 Å². The largest absolute Gasteiger partial charge is 0.456 e. The molecule has 0 saturated heterocycles. The van der Waals surface area contributed by atoms with Crippen LogP contribution in [0, 0.1) is 0 Å². The van der Waals surface area contributed by atoms with E-state index in [0.29, 0.717) is 0 Å². The highest BCUT2D eigenvalue weighted by Gasteiger charge is 2.23. The molecule has 10 aromatic carbocycles. The van der Waals surface area contributed by atoms with E-state index in [1.807, 2.05) is 12.1 Å². The molecule has 0 saturated carbocycles. The van der Waals surface area contributed by atoms with Crippen LogP contribution in [0.3, 0.4) is 0 Å². The summed E-state index contributed by atoms with van der Waals surface area (Å²) in [4.78, 5) is 2.35. The van der Waals surface area contributed by atoms with Crippen molar-refractivity contribution < 1.29 is 8.83 Å². The summed E-state index contributed by atoms with van der Waals surface area (Å²) in [5.41, 5.74) is 13.8. The van der Waals surface area contributed by atoms with Gasteiger partial charge in [0.25, 0.3) is 0 Å². The lowest BCUT2D eigenvalue weighted by Crippen LogP contribution is -2.10. The first-order valence-electron chi connectivity index (χ1n) is 20.1. The second-order valence-corrected chi connectivity index (χ2v) is 15.2. The predicted molar refractivity (Wildman–Crippen MR) is 247 cm³/mol. The minimum absolute atomic E-state index is 0.849. The van der Waals surface area contributed by atoms with Gasteiger partial charge in [-0.05, 0) is 104 Å². The Morgan fingerprint density at radius 3 is 1.54 bits per heavy atom. The van der Waals surface area contributed by atoms with Gasteiger partial charge in [0.2, 0.25) is 0 Å². The van der Waals surface area contributed by atoms with Crippen LogP contribution in [-0.2, 0) is 0 Å². The van der Waals surface area contributed by atoms with Gasteiger partial charge in [-0.2, -0.15) is 0 Å². The quantitative estimate of drug-likeness (QED) is 0.169. The van der Waals surface area contributed by atoms with Gasteiger partial charge in [0.15, 0.2) is 0 Å². The molecular formula is C56H35NO2. The second kappa shape index (κ2) is 13.4. The van der Waals surface area contributed by atoms with Crippen molar-refractivity contribution in [2.24, 2.45) is 0 Å². The number of nitrogens with zero attached hydrogens (tertiary/aromatic N) is 1. The fourth-order valence-corrected chi connectivity index (χ4v) is 9.24. The predicted octanol–water partition coefficient (Wildman–Crippen LogP) is 16.3. The molecule has 0 N–H and O–H groups in total. The molecule has 2 heterocycles. The van der Waals surface area contributed by atoms with Crippen molar-refractivity contribution in [3.05, 3.63) is 212 Å². The van der Waals surface area contributed by atoms with Crippen molar-refractivity contribution in [2.45, 2.75) is 0 Å². The number of hydrogen-bond acceptors (Lipinski definition) is 3. The maximum atomic E-state index is 6.89. The zero-order valence-electron chi connectivity index (χ0n) is 32.0. The Hall–Kier alpha value is -7.88. The summed E-state index contributed by atoms with van der Waals surface area (Å²) in [6, 6.07) is 75.6. The topological polar surface area (TPSA) is 29.5 Å². The van der Waals surface area contributed by atoms with Crippen molar-refractivity contribution in [1.82, 2.24) is 0 Å². The SMILES string of the molecule is c1ccc(-c2ccc(N(c3ccccc3)c3cccc4oc5c6ccccc6c(-c6ccc(-c7cccc8oc9ccccc9c78)c7ccccc67)cc5c34)cc2)cc1. The van der Waals surface area contributed by atoms with E-state index in [1.165, 1.54) is 44.2 Å². The average Bonchev–Trinajstić information content (AvgIpc) is 3.89. The normalized spacial score (nSPS) is 11.7. The van der Waals surface area contributed by atoms with Gasteiger partial charge in [-0.25, -0.2) is 0 Å². The van der Waals surface area contributed by atoms with Gasteiger partial charge >= 0.3 is 0 Å². The molecule has 0 unspecified atom stereocenters. The molecule has 0 spiro atoms. The molecule has 276 valence electrons. The number of benzene rings is 10.